The number of benzene rings is 1. The van der Waals surface area contributed by atoms with Gasteiger partial charge in [0.1, 0.15) is 5.69 Å². The summed E-state index contributed by atoms with van der Waals surface area (Å²) >= 11 is 0. The SMILES string of the molecule is C=CNc1ccccc1[N+](=O)[O-]. The number of anilines is 1. The van der Waals surface area contributed by atoms with Gasteiger partial charge < -0.3 is 5.32 Å². The first kappa shape index (κ1) is 8.26. The highest BCUT2D eigenvalue weighted by Crippen LogP contribution is 2.22. The molecule has 1 rings (SSSR count). The van der Waals surface area contributed by atoms with Crippen LogP contribution in [0.2, 0.25) is 0 Å². The van der Waals surface area contributed by atoms with E-state index in [0.717, 1.165) is 0 Å². The second-order valence-corrected chi connectivity index (χ2v) is 2.12. The molecule has 1 aromatic rings. The van der Waals surface area contributed by atoms with Crippen molar-refractivity contribution in [3.8, 4) is 0 Å². The maximum atomic E-state index is 10.4. The van der Waals surface area contributed by atoms with Crippen molar-refractivity contribution in [3.63, 3.8) is 0 Å². The summed E-state index contributed by atoms with van der Waals surface area (Å²) in [5.41, 5.74) is 0.509. The van der Waals surface area contributed by atoms with E-state index < -0.39 is 4.92 Å². The van der Waals surface area contributed by atoms with Gasteiger partial charge in [-0.3, -0.25) is 10.1 Å². The van der Waals surface area contributed by atoms with E-state index in [1.807, 2.05) is 0 Å². The molecule has 0 aliphatic carbocycles. The Morgan fingerprint density at radius 2 is 2.17 bits per heavy atom. The largest absolute Gasteiger partial charge is 0.357 e. The molecule has 4 heteroatoms. The Hall–Kier alpha value is -1.84. The predicted octanol–water partition coefficient (Wildman–Crippen LogP) is 2.15. The number of rotatable bonds is 3. The molecular formula is C8H8N2O2. The number of nitro groups is 1. The van der Waals surface area contributed by atoms with Crippen molar-refractivity contribution in [2.24, 2.45) is 0 Å². The van der Waals surface area contributed by atoms with E-state index in [1.165, 1.54) is 12.3 Å². The Balaban J connectivity index is 3.07. The summed E-state index contributed by atoms with van der Waals surface area (Å²) in [7, 11) is 0. The first-order valence-corrected chi connectivity index (χ1v) is 3.36. The molecule has 1 aromatic carbocycles. The van der Waals surface area contributed by atoms with Gasteiger partial charge in [0.25, 0.3) is 5.69 Å². The first-order chi connectivity index (χ1) is 5.75. The van der Waals surface area contributed by atoms with Crippen LogP contribution >= 0.6 is 0 Å². The predicted molar refractivity (Wildman–Crippen MR) is 46.9 cm³/mol. The number of nitrogens with one attached hydrogen (secondary N) is 1. The minimum atomic E-state index is -0.439. The molecule has 12 heavy (non-hydrogen) atoms. The van der Waals surface area contributed by atoms with Crippen LogP contribution in [0.1, 0.15) is 0 Å². The molecule has 0 unspecified atom stereocenters. The number of hydrogen-bond donors (Lipinski definition) is 1. The Morgan fingerprint density at radius 3 is 2.75 bits per heavy atom. The van der Waals surface area contributed by atoms with Crippen molar-refractivity contribution < 1.29 is 4.92 Å². The molecule has 62 valence electrons. The Labute approximate surface area is 69.7 Å². The van der Waals surface area contributed by atoms with Crippen LogP contribution in [0, 0.1) is 10.1 Å². The summed E-state index contributed by atoms with van der Waals surface area (Å²) in [6, 6.07) is 6.40. The maximum Gasteiger partial charge on any atom is 0.292 e. The van der Waals surface area contributed by atoms with E-state index in [4.69, 9.17) is 0 Å². The average molecular weight is 164 g/mol. The summed E-state index contributed by atoms with van der Waals surface area (Å²) < 4.78 is 0. The van der Waals surface area contributed by atoms with Gasteiger partial charge in [-0.05, 0) is 12.3 Å². The van der Waals surface area contributed by atoms with Crippen molar-refractivity contribution in [1.29, 1.82) is 0 Å². The lowest BCUT2D eigenvalue weighted by Crippen LogP contribution is -1.94. The Kier molecular flexibility index (Phi) is 2.42. The number of nitrogens with zero attached hydrogens (tertiary/aromatic N) is 1. The lowest BCUT2D eigenvalue weighted by atomic mass is 10.3. The van der Waals surface area contributed by atoms with Crippen molar-refractivity contribution in [3.05, 3.63) is 47.2 Å². The highest BCUT2D eigenvalue weighted by molar-refractivity contribution is 5.62. The molecule has 0 saturated carbocycles. The van der Waals surface area contributed by atoms with Crippen LogP contribution in [-0.2, 0) is 0 Å². The number of nitro benzene ring substituents is 1. The fourth-order valence-electron chi connectivity index (χ4n) is 0.865. The van der Waals surface area contributed by atoms with Crippen LogP contribution in [0.5, 0.6) is 0 Å². The van der Waals surface area contributed by atoms with E-state index in [0.29, 0.717) is 5.69 Å². The van der Waals surface area contributed by atoms with Gasteiger partial charge >= 0.3 is 0 Å². The fourth-order valence-corrected chi connectivity index (χ4v) is 0.865. The third kappa shape index (κ3) is 1.60. The minimum absolute atomic E-state index is 0.0531. The third-order valence-electron chi connectivity index (χ3n) is 1.36. The van der Waals surface area contributed by atoms with E-state index in [1.54, 1.807) is 18.2 Å². The van der Waals surface area contributed by atoms with Crippen LogP contribution in [-0.4, -0.2) is 4.92 Å². The van der Waals surface area contributed by atoms with Gasteiger partial charge in [-0.2, -0.15) is 0 Å². The molecule has 0 radical (unpaired) electrons. The van der Waals surface area contributed by atoms with Gasteiger partial charge in [0, 0.05) is 6.07 Å². The molecule has 0 saturated heterocycles. The summed E-state index contributed by atoms with van der Waals surface area (Å²) in [4.78, 5) is 9.99. The van der Waals surface area contributed by atoms with Crippen LogP contribution in [0.3, 0.4) is 0 Å². The van der Waals surface area contributed by atoms with E-state index in [-0.39, 0.29) is 5.69 Å². The standard InChI is InChI=1S/C8H8N2O2/c1-2-9-7-5-3-4-6-8(7)10(11)12/h2-6,9H,1H2. The second kappa shape index (κ2) is 3.52. The lowest BCUT2D eigenvalue weighted by Gasteiger charge is -1.99. The number of para-hydroxylation sites is 2. The number of hydrogen-bond acceptors (Lipinski definition) is 3. The molecule has 4 nitrogen and oxygen atoms in total. The smallest absolute Gasteiger partial charge is 0.292 e. The van der Waals surface area contributed by atoms with Crippen molar-refractivity contribution in [1.82, 2.24) is 0 Å². The van der Waals surface area contributed by atoms with E-state index >= 15 is 0 Å². The molecular weight excluding hydrogens is 156 g/mol. The molecule has 0 aliphatic heterocycles. The second-order valence-electron chi connectivity index (χ2n) is 2.12. The van der Waals surface area contributed by atoms with Crippen LogP contribution in [0.4, 0.5) is 11.4 Å². The quantitative estimate of drug-likeness (QED) is 0.550. The van der Waals surface area contributed by atoms with Gasteiger partial charge in [0.05, 0.1) is 4.92 Å². The maximum absolute atomic E-state index is 10.4. The van der Waals surface area contributed by atoms with Gasteiger partial charge in [-0.15, -0.1) is 0 Å². The molecule has 0 aromatic heterocycles. The molecule has 0 atom stereocenters. The average Bonchev–Trinajstić information content (AvgIpc) is 2.05. The topological polar surface area (TPSA) is 55.2 Å². The van der Waals surface area contributed by atoms with Crippen molar-refractivity contribution in [2.75, 3.05) is 5.32 Å². The van der Waals surface area contributed by atoms with Crippen molar-refractivity contribution >= 4 is 11.4 Å². The zero-order chi connectivity index (χ0) is 8.97. The van der Waals surface area contributed by atoms with Crippen LogP contribution in [0.25, 0.3) is 0 Å². The van der Waals surface area contributed by atoms with Crippen LogP contribution in [0.15, 0.2) is 37.0 Å². The molecule has 0 heterocycles. The zero-order valence-electron chi connectivity index (χ0n) is 6.36. The van der Waals surface area contributed by atoms with Gasteiger partial charge in [-0.1, -0.05) is 18.7 Å². The molecule has 0 spiro atoms. The van der Waals surface area contributed by atoms with Gasteiger partial charge in [0.2, 0.25) is 0 Å². The van der Waals surface area contributed by atoms with Gasteiger partial charge in [-0.25, -0.2) is 0 Å². The lowest BCUT2D eigenvalue weighted by molar-refractivity contribution is -0.383. The Morgan fingerprint density at radius 1 is 1.50 bits per heavy atom. The molecule has 0 bridgehead atoms. The monoisotopic (exact) mass is 164 g/mol. The zero-order valence-corrected chi connectivity index (χ0v) is 6.36. The summed E-state index contributed by atoms with van der Waals surface area (Å²) in [6.07, 6.45) is 1.41. The normalized spacial score (nSPS) is 9.00. The highest BCUT2D eigenvalue weighted by atomic mass is 16.6. The van der Waals surface area contributed by atoms with E-state index in [2.05, 4.69) is 11.9 Å². The van der Waals surface area contributed by atoms with Gasteiger partial charge in [0.15, 0.2) is 0 Å². The third-order valence-corrected chi connectivity index (χ3v) is 1.36. The molecule has 1 N–H and O–H groups in total. The van der Waals surface area contributed by atoms with Crippen molar-refractivity contribution in [2.45, 2.75) is 0 Å². The summed E-state index contributed by atoms with van der Waals surface area (Å²) in [5, 5.41) is 13.1. The Bertz CT molecular complexity index is 310. The van der Waals surface area contributed by atoms with Crippen LogP contribution < -0.4 is 5.32 Å². The summed E-state index contributed by atoms with van der Waals surface area (Å²) in [6.45, 7) is 3.42. The fraction of sp³-hybridized carbons (Fsp3) is 0. The minimum Gasteiger partial charge on any atom is -0.357 e. The van der Waals surface area contributed by atoms with E-state index in [9.17, 15) is 10.1 Å². The molecule has 0 amide bonds. The molecule has 0 aliphatic rings. The first-order valence-electron chi connectivity index (χ1n) is 3.36. The molecule has 0 fully saturated rings. The highest BCUT2D eigenvalue weighted by Gasteiger charge is 2.09. The summed E-state index contributed by atoms with van der Waals surface area (Å²) in [5.74, 6) is 0.